The molecule has 3 fully saturated rings. The van der Waals surface area contributed by atoms with Crippen molar-refractivity contribution in [3.8, 4) is 0 Å². The van der Waals surface area contributed by atoms with E-state index in [1.54, 1.807) is 6.08 Å². The molecule has 5 aliphatic rings. The highest BCUT2D eigenvalue weighted by Gasteiger charge is 2.74. The Balaban J connectivity index is 1.70. The first-order chi connectivity index (χ1) is 16.5. The zero-order valence-electron chi connectivity index (χ0n) is 23.0. The van der Waals surface area contributed by atoms with Gasteiger partial charge < -0.3 is 25.5 Å². The van der Waals surface area contributed by atoms with Crippen LogP contribution in [0.1, 0.15) is 74.1 Å². The van der Waals surface area contributed by atoms with Crippen molar-refractivity contribution in [1.29, 1.82) is 0 Å². The average Bonchev–Trinajstić information content (AvgIpc) is 2.80. The van der Waals surface area contributed by atoms with E-state index in [1.807, 2.05) is 13.8 Å². The Morgan fingerprint density at radius 2 is 1.50 bits per heavy atom. The number of fused-ring (bicyclic) bond motifs is 7. The van der Waals surface area contributed by atoms with Crippen molar-refractivity contribution >= 4 is 5.78 Å². The van der Waals surface area contributed by atoms with Crippen molar-refractivity contribution in [2.45, 2.75) is 98.6 Å². The lowest BCUT2D eigenvalue weighted by Gasteiger charge is -2.72. The van der Waals surface area contributed by atoms with E-state index in [4.69, 9.17) is 0 Å². The van der Waals surface area contributed by atoms with Gasteiger partial charge in [-0.1, -0.05) is 66.2 Å². The summed E-state index contributed by atoms with van der Waals surface area (Å²) in [4.78, 5) is 12.8. The number of aliphatic hydroxyl groups excluding tert-OH is 5. The van der Waals surface area contributed by atoms with Gasteiger partial charge in [0.25, 0.3) is 0 Å². The highest BCUT2D eigenvalue weighted by Crippen LogP contribution is 2.74. The second-order valence-electron chi connectivity index (χ2n) is 14.7. The van der Waals surface area contributed by atoms with E-state index < -0.39 is 52.7 Å². The van der Waals surface area contributed by atoms with Gasteiger partial charge in [-0.3, -0.25) is 4.79 Å². The molecule has 11 atom stereocenters. The molecule has 6 heteroatoms. The van der Waals surface area contributed by atoms with Crippen molar-refractivity contribution in [2.24, 2.45) is 50.2 Å². The normalized spacial score (nSPS) is 55.1. The van der Waals surface area contributed by atoms with E-state index >= 15 is 0 Å². The van der Waals surface area contributed by atoms with Crippen LogP contribution in [0.4, 0.5) is 0 Å². The molecule has 36 heavy (non-hydrogen) atoms. The van der Waals surface area contributed by atoms with Crippen LogP contribution < -0.4 is 0 Å². The summed E-state index contributed by atoms with van der Waals surface area (Å²) in [5.74, 6) is 0.135. The number of hydrogen-bond acceptors (Lipinski definition) is 6. The smallest absolute Gasteiger partial charge is 0.161 e. The summed E-state index contributed by atoms with van der Waals surface area (Å²) >= 11 is 0. The number of carbonyl (C=O) groups is 1. The van der Waals surface area contributed by atoms with Gasteiger partial charge in [-0.15, -0.1) is 0 Å². The van der Waals surface area contributed by atoms with E-state index in [2.05, 4.69) is 46.8 Å². The Morgan fingerprint density at radius 3 is 2.11 bits per heavy atom. The quantitative estimate of drug-likeness (QED) is 0.352. The molecule has 0 aromatic carbocycles. The topological polar surface area (TPSA) is 118 Å². The number of ketones is 1. The Morgan fingerprint density at radius 1 is 0.889 bits per heavy atom. The monoisotopic (exact) mass is 502 g/mol. The van der Waals surface area contributed by atoms with Crippen LogP contribution in [0.5, 0.6) is 0 Å². The number of rotatable bonds is 1. The molecular weight excluding hydrogens is 456 g/mol. The van der Waals surface area contributed by atoms with Gasteiger partial charge in [0.15, 0.2) is 5.78 Å². The third-order valence-corrected chi connectivity index (χ3v) is 12.8. The Labute approximate surface area is 215 Å². The van der Waals surface area contributed by atoms with Crippen LogP contribution in [0.25, 0.3) is 0 Å². The zero-order chi connectivity index (χ0) is 26.9. The Hall–Kier alpha value is -1.05. The molecule has 11 unspecified atom stereocenters. The van der Waals surface area contributed by atoms with E-state index in [0.29, 0.717) is 6.42 Å². The van der Waals surface area contributed by atoms with E-state index in [-0.39, 0.29) is 34.4 Å². The van der Waals surface area contributed by atoms with Gasteiger partial charge in [0.05, 0.1) is 36.4 Å². The molecule has 5 aliphatic carbocycles. The van der Waals surface area contributed by atoms with Crippen LogP contribution in [-0.2, 0) is 4.79 Å². The first-order valence-electron chi connectivity index (χ1n) is 13.7. The second-order valence-corrected chi connectivity index (χ2v) is 14.7. The van der Waals surface area contributed by atoms with Gasteiger partial charge in [-0.05, 0) is 65.8 Å². The zero-order valence-corrected chi connectivity index (χ0v) is 23.0. The van der Waals surface area contributed by atoms with Crippen molar-refractivity contribution < 1.29 is 30.3 Å². The molecule has 0 aliphatic heterocycles. The van der Waals surface area contributed by atoms with Crippen LogP contribution in [0.2, 0.25) is 0 Å². The molecule has 6 nitrogen and oxygen atoms in total. The minimum absolute atomic E-state index is 0.150. The molecule has 202 valence electrons. The van der Waals surface area contributed by atoms with Crippen LogP contribution in [0.15, 0.2) is 23.8 Å². The van der Waals surface area contributed by atoms with Crippen molar-refractivity contribution in [3.63, 3.8) is 0 Å². The molecular formula is C30H46O6. The molecule has 0 heterocycles. The molecule has 0 aromatic heterocycles. The predicted molar refractivity (Wildman–Crippen MR) is 137 cm³/mol. The number of allylic oxidation sites excluding steroid dienone is 3. The highest BCUT2D eigenvalue weighted by molar-refractivity contribution is 5.95. The minimum Gasteiger partial charge on any atom is -0.396 e. The summed E-state index contributed by atoms with van der Waals surface area (Å²) in [6.45, 7) is 14.0. The fraction of sp³-hybridized carbons (Fsp3) is 0.833. The molecule has 3 saturated carbocycles. The lowest BCUT2D eigenvalue weighted by molar-refractivity contribution is -0.283. The third-order valence-electron chi connectivity index (χ3n) is 12.8. The van der Waals surface area contributed by atoms with Gasteiger partial charge >= 0.3 is 0 Å². The van der Waals surface area contributed by atoms with Gasteiger partial charge in [-0.2, -0.15) is 0 Å². The molecule has 0 radical (unpaired) electrons. The first kappa shape index (κ1) is 26.6. The number of hydrogen-bond donors (Lipinski definition) is 5. The minimum atomic E-state index is -1.43. The summed E-state index contributed by atoms with van der Waals surface area (Å²) in [7, 11) is 0. The SMILES string of the molecule is CC1(C)CC2C3=CCC4C5(C)C=CC(=O)C(C)(C)C5CCC4(C)C3(C)C(O)C(O)C2(CO)C(O)C1O. The van der Waals surface area contributed by atoms with Crippen LogP contribution >= 0.6 is 0 Å². The fourth-order valence-corrected chi connectivity index (χ4v) is 10.3. The standard InChI is InChI=1S/C30H46O6/c1-25(2)14-17-16-8-9-19-27(5)12-11-20(32)26(3,4)18(27)10-13-28(19,6)29(16,7)22(34)24(36)30(17,15-31)23(35)21(25)33/h8,11-12,17-19,21-24,31,33-36H,9-10,13-15H2,1-7H3. The fourth-order valence-electron chi connectivity index (χ4n) is 10.3. The molecule has 0 spiro atoms. The van der Waals surface area contributed by atoms with Gasteiger partial charge in [0.1, 0.15) is 0 Å². The lowest BCUT2D eigenvalue weighted by atomic mass is 9.33. The van der Waals surface area contributed by atoms with Gasteiger partial charge in [0, 0.05) is 10.8 Å². The average molecular weight is 503 g/mol. The van der Waals surface area contributed by atoms with Crippen LogP contribution in [0, 0.1) is 50.2 Å². The van der Waals surface area contributed by atoms with Crippen LogP contribution in [0.3, 0.4) is 0 Å². The van der Waals surface area contributed by atoms with Crippen molar-refractivity contribution in [3.05, 3.63) is 23.8 Å². The number of carbonyl (C=O) groups excluding carboxylic acids is 1. The maximum Gasteiger partial charge on any atom is 0.161 e. The second kappa shape index (κ2) is 7.53. The first-order valence-corrected chi connectivity index (χ1v) is 13.7. The summed E-state index contributed by atoms with van der Waals surface area (Å²) in [5, 5.41) is 56.7. The maximum absolute atomic E-state index is 12.8. The van der Waals surface area contributed by atoms with Crippen LogP contribution in [-0.4, -0.2) is 62.3 Å². The molecule has 0 bridgehead atoms. The Bertz CT molecular complexity index is 1030. The molecule has 0 amide bonds. The summed E-state index contributed by atoms with van der Waals surface area (Å²) in [6.07, 6.45) is 3.91. The molecule has 0 saturated heterocycles. The van der Waals surface area contributed by atoms with E-state index in [1.165, 1.54) is 0 Å². The summed E-state index contributed by atoms with van der Waals surface area (Å²) < 4.78 is 0. The summed E-state index contributed by atoms with van der Waals surface area (Å²) in [5.41, 5.74) is -2.91. The summed E-state index contributed by atoms with van der Waals surface area (Å²) in [6, 6.07) is 0. The van der Waals surface area contributed by atoms with Gasteiger partial charge in [0.2, 0.25) is 0 Å². The molecule has 0 aromatic rings. The van der Waals surface area contributed by atoms with Gasteiger partial charge in [-0.25, -0.2) is 0 Å². The molecule has 5 N–H and O–H groups in total. The maximum atomic E-state index is 12.8. The Kier molecular flexibility index (Phi) is 5.56. The lowest BCUT2D eigenvalue weighted by Crippen LogP contribution is -2.75. The third kappa shape index (κ3) is 2.73. The van der Waals surface area contributed by atoms with E-state index in [9.17, 15) is 30.3 Å². The van der Waals surface area contributed by atoms with E-state index in [0.717, 1.165) is 24.8 Å². The highest BCUT2D eigenvalue weighted by atomic mass is 16.4. The predicted octanol–water partition coefficient (Wildman–Crippen LogP) is 3.01. The largest absolute Gasteiger partial charge is 0.396 e. The molecule has 5 rings (SSSR count). The van der Waals surface area contributed by atoms with Crippen molar-refractivity contribution in [1.82, 2.24) is 0 Å². The number of aliphatic hydroxyl groups is 5. The van der Waals surface area contributed by atoms with Crippen molar-refractivity contribution in [2.75, 3.05) is 6.61 Å².